The van der Waals surface area contributed by atoms with Crippen LogP contribution in [0, 0.1) is 0 Å². The van der Waals surface area contributed by atoms with Crippen molar-refractivity contribution in [3.8, 4) is 0 Å². The van der Waals surface area contributed by atoms with E-state index in [4.69, 9.17) is 0 Å². The van der Waals surface area contributed by atoms with E-state index in [1.165, 1.54) is 0 Å². The van der Waals surface area contributed by atoms with Crippen LogP contribution >= 0.6 is 0 Å². The molecule has 1 unspecified atom stereocenters. The molecule has 1 aromatic carbocycles. The fourth-order valence-electron chi connectivity index (χ4n) is 2.96. The Morgan fingerprint density at radius 1 is 1.18 bits per heavy atom. The van der Waals surface area contributed by atoms with E-state index in [0.29, 0.717) is 19.4 Å². The first kappa shape index (κ1) is 15.5. The number of sulfonamides is 1. The Bertz CT molecular complexity index is 667. The molecule has 1 amide bonds. The lowest BCUT2D eigenvalue weighted by Gasteiger charge is -2.23. The molecule has 2 aliphatic heterocycles. The van der Waals surface area contributed by atoms with Crippen LogP contribution in [0.4, 0.5) is 5.69 Å². The van der Waals surface area contributed by atoms with Gasteiger partial charge in [0.1, 0.15) is 0 Å². The Morgan fingerprint density at radius 2 is 2.05 bits per heavy atom. The Kier molecular flexibility index (Phi) is 4.46. The summed E-state index contributed by atoms with van der Waals surface area (Å²) in [6, 6.07) is 4.87. The third-order valence-electron chi connectivity index (χ3n) is 4.13. The quantitative estimate of drug-likeness (QED) is 0.774. The van der Waals surface area contributed by atoms with Crippen molar-refractivity contribution in [3.63, 3.8) is 0 Å². The van der Waals surface area contributed by atoms with Gasteiger partial charge in [-0.1, -0.05) is 0 Å². The predicted molar refractivity (Wildman–Crippen MR) is 84.2 cm³/mol. The lowest BCUT2D eigenvalue weighted by Crippen LogP contribution is -2.45. The molecule has 0 spiro atoms. The molecule has 0 aromatic heterocycles. The van der Waals surface area contributed by atoms with E-state index in [1.807, 2.05) is 0 Å². The van der Waals surface area contributed by atoms with Gasteiger partial charge in [-0.15, -0.1) is 0 Å². The van der Waals surface area contributed by atoms with Gasteiger partial charge >= 0.3 is 0 Å². The maximum absolute atomic E-state index is 12.5. The second kappa shape index (κ2) is 6.36. The third-order valence-corrected chi connectivity index (χ3v) is 5.65. The number of benzene rings is 1. The number of aryl methyl sites for hydroxylation is 1. The summed E-state index contributed by atoms with van der Waals surface area (Å²) < 4.78 is 27.8. The first-order valence-electron chi connectivity index (χ1n) is 7.70. The number of fused-ring (bicyclic) bond motifs is 1. The SMILES string of the molecule is O=C1CCCc2cc(S(=O)(=O)NC3CCCNC3)ccc2N1. The summed E-state index contributed by atoms with van der Waals surface area (Å²) in [7, 11) is -3.52. The minimum absolute atomic E-state index is 0.0132. The lowest BCUT2D eigenvalue weighted by molar-refractivity contribution is -0.116. The molecule has 3 N–H and O–H groups in total. The zero-order chi connectivity index (χ0) is 15.6. The summed E-state index contributed by atoms with van der Waals surface area (Å²) in [6.45, 7) is 1.61. The molecular weight excluding hydrogens is 302 g/mol. The summed E-state index contributed by atoms with van der Waals surface area (Å²) in [5.41, 5.74) is 1.61. The molecule has 0 radical (unpaired) electrons. The molecular formula is C15H21N3O3S. The minimum atomic E-state index is -3.52. The fourth-order valence-corrected chi connectivity index (χ4v) is 4.28. The molecule has 2 heterocycles. The summed E-state index contributed by atoms with van der Waals surface area (Å²) in [5, 5.41) is 6.02. The molecule has 0 bridgehead atoms. The van der Waals surface area contributed by atoms with Crippen LogP contribution in [0.3, 0.4) is 0 Å². The van der Waals surface area contributed by atoms with Crippen molar-refractivity contribution in [3.05, 3.63) is 23.8 Å². The van der Waals surface area contributed by atoms with Gasteiger partial charge < -0.3 is 10.6 Å². The molecule has 1 aromatic rings. The standard InChI is InChI=1S/C15H21N3O3S/c19-15-5-1-3-11-9-13(6-7-14(11)17-15)22(20,21)18-12-4-2-8-16-10-12/h6-7,9,12,16,18H,1-5,8,10H2,(H,17,19). The highest BCUT2D eigenvalue weighted by Gasteiger charge is 2.23. The molecule has 2 aliphatic rings. The van der Waals surface area contributed by atoms with E-state index >= 15 is 0 Å². The Morgan fingerprint density at radius 3 is 2.82 bits per heavy atom. The number of nitrogens with one attached hydrogen (secondary N) is 3. The number of piperidine rings is 1. The van der Waals surface area contributed by atoms with Gasteiger partial charge in [0.2, 0.25) is 15.9 Å². The van der Waals surface area contributed by atoms with Crippen LogP contribution in [0.25, 0.3) is 0 Å². The van der Waals surface area contributed by atoms with Gasteiger partial charge in [-0.05, 0) is 56.0 Å². The van der Waals surface area contributed by atoms with Crippen LogP contribution in [-0.2, 0) is 21.2 Å². The van der Waals surface area contributed by atoms with Crippen LogP contribution < -0.4 is 15.4 Å². The Labute approximate surface area is 130 Å². The zero-order valence-corrected chi connectivity index (χ0v) is 13.2. The Hall–Kier alpha value is -1.44. The van der Waals surface area contributed by atoms with E-state index in [-0.39, 0.29) is 16.8 Å². The van der Waals surface area contributed by atoms with Crippen molar-refractivity contribution in [2.24, 2.45) is 0 Å². The van der Waals surface area contributed by atoms with Gasteiger partial charge in [-0.2, -0.15) is 0 Å². The normalized spacial score (nSPS) is 22.5. The number of carbonyl (C=O) groups excluding carboxylic acids is 1. The van der Waals surface area contributed by atoms with Crippen molar-refractivity contribution in [2.45, 2.75) is 43.0 Å². The van der Waals surface area contributed by atoms with E-state index in [9.17, 15) is 13.2 Å². The van der Waals surface area contributed by atoms with Gasteiger partial charge in [-0.3, -0.25) is 4.79 Å². The third kappa shape index (κ3) is 3.48. The summed E-state index contributed by atoms with van der Waals surface area (Å²) >= 11 is 0. The molecule has 1 fully saturated rings. The van der Waals surface area contributed by atoms with Crippen LogP contribution in [-0.4, -0.2) is 33.5 Å². The second-order valence-corrected chi connectivity index (χ2v) is 7.60. The molecule has 0 aliphatic carbocycles. The summed E-state index contributed by atoms with van der Waals surface area (Å²) in [6.07, 6.45) is 3.75. The van der Waals surface area contributed by atoms with Crippen molar-refractivity contribution in [2.75, 3.05) is 18.4 Å². The molecule has 1 atom stereocenters. The maximum atomic E-state index is 12.5. The van der Waals surface area contributed by atoms with Gasteiger partial charge in [0.05, 0.1) is 4.90 Å². The van der Waals surface area contributed by atoms with Crippen molar-refractivity contribution < 1.29 is 13.2 Å². The first-order chi connectivity index (χ1) is 10.5. The first-order valence-corrected chi connectivity index (χ1v) is 9.19. The maximum Gasteiger partial charge on any atom is 0.240 e. The number of anilines is 1. The van der Waals surface area contributed by atoms with Gasteiger partial charge in [0.15, 0.2) is 0 Å². The average molecular weight is 323 g/mol. The highest BCUT2D eigenvalue weighted by molar-refractivity contribution is 7.89. The van der Waals surface area contributed by atoms with E-state index < -0.39 is 10.0 Å². The molecule has 3 rings (SSSR count). The Balaban J connectivity index is 1.81. The predicted octanol–water partition coefficient (Wildman–Crippen LogP) is 0.992. The molecule has 0 saturated carbocycles. The molecule has 1 saturated heterocycles. The van der Waals surface area contributed by atoms with Crippen LogP contribution in [0.15, 0.2) is 23.1 Å². The number of rotatable bonds is 3. The summed E-state index contributed by atoms with van der Waals surface area (Å²) in [4.78, 5) is 11.8. The highest BCUT2D eigenvalue weighted by Crippen LogP contribution is 2.25. The topological polar surface area (TPSA) is 87.3 Å². The van der Waals surface area contributed by atoms with Crippen molar-refractivity contribution >= 4 is 21.6 Å². The van der Waals surface area contributed by atoms with Gasteiger partial charge in [-0.25, -0.2) is 13.1 Å². The highest BCUT2D eigenvalue weighted by atomic mass is 32.2. The van der Waals surface area contributed by atoms with E-state index in [1.54, 1.807) is 18.2 Å². The smallest absolute Gasteiger partial charge is 0.240 e. The molecule has 7 heteroatoms. The number of amides is 1. The van der Waals surface area contributed by atoms with Crippen LogP contribution in [0.1, 0.15) is 31.2 Å². The molecule has 120 valence electrons. The lowest BCUT2D eigenvalue weighted by atomic mass is 10.1. The fraction of sp³-hybridized carbons (Fsp3) is 0.533. The number of carbonyl (C=O) groups is 1. The summed E-state index contributed by atoms with van der Waals surface area (Å²) in [5.74, 6) is -0.0132. The monoisotopic (exact) mass is 323 g/mol. The van der Waals surface area contributed by atoms with Gasteiger partial charge in [0.25, 0.3) is 0 Å². The number of hydrogen-bond acceptors (Lipinski definition) is 4. The molecule has 6 nitrogen and oxygen atoms in total. The van der Waals surface area contributed by atoms with Crippen LogP contribution in [0.2, 0.25) is 0 Å². The number of hydrogen-bond donors (Lipinski definition) is 3. The van der Waals surface area contributed by atoms with Gasteiger partial charge in [0, 0.05) is 24.7 Å². The van der Waals surface area contributed by atoms with E-state index in [2.05, 4.69) is 15.4 Å². The zero-order valence-electron chi connectivity index (χ0n) is 12.4. The average Bonchev–Trinajstić information content (AvgIpc) is 2.67. The second-order valence-electron chi connectivity index (χ2n) is 5.89. The largest absolute Gasteiger partial charge is 0.326 e. The van der Waals surface area contributed by atoms with E-state index in [0.717, 1.165) is 37.1 Å². The minimum Gasteiger partial charge on any atom is -0.326 e. The van der Waals surface area contributed by atoms with Crippen LogP contribution in [0.5, 0.6) is 0 Å². The van der Waals surface area contributed by atoms with Crippen molar-refractivity contribution in [1.82, 2.24) is 10.0 Å². The molecule has 22 heavy (non-hydrogen) atoms. The van der Waals surface area contributed by atoms with Crippen molar-refractivity contribution in [1.29, 1.82) is 0 Å².